The van der Waals surface area contributed by atoms with E-state index in [0.717, 1.165) is 25.7 Å². The van der Waals surface area contributed by atoms with Gasteiger partial charge < -0.3 is 21.2 Å². The number of hydrogen-bond donors (Lipinski definition) is 2. The van der Waals surface area contributed by atoms with Crippen molar-refractivity contribution in [2.45, 2.75) is 25.7 Å². The standard InChI is InChI=1S/C6H14O2.2O.Ti/c7-5-3-1-2-4-6-8;;;/h7-8H,1-6H2;;;/q;2*-2;+4. The van der Waals surface area contributed by atoms with Crippen molar-refractivity contribution in [2.75, 3.05) is 13.2 Å². The van der Waals surface area contributed by atoms with Crippen LogP contribution in [0.3, 0.4) is 0 Å². The van der Waals surface area contributed by atoms with Crippen molar-refractivity contribution in [3.63, 3.8) is 0 Å². The Labute approximate surface area is 82.1 Å². The first kappa shape index (κ1) is 22.6. The molecule has 0 rings (SSSR count). The number of rotatable bonds is 5. The topological polar surface area (TPSA) is 97.5 Å². The third-order valence-corrected chi connectivity index (χ3v) is 1.07. The molecule has 0 saturated heterocycles. The van der Waals surface area contributed by atoms with Crippen molar-refractivity contribution in [3.05, 3.63) is 0 Å². The normalized spacial score (nSPS) is 7.09. The smallest absolute Gasteiger partial charge is 2.00 e. The monoisotopic (exact) mass is 198 g/mol. The first-order valence-corrected chi connectivity index (χ1v) is 3.13. The number of hydrogen-bond acceptors (Lipinski definition) is 2. The fourth-order valence-electron chi connectivity index (χ4n) is 0.577. The number of aliphatic hydroxyl groups is 2. The van der Waals surface area contributed by atoms with Gasteiger partial charge in [0.05, 0.1) is 0 Å². The maximum absolute atomic E-state index is 8.30. The minimum atomic E-state index is 0. The zero-order chi connectivity index (χ0) is 6.24. The van der Waals surface area contributed by atoms with Gasteiger partial charge in [-0.1, -0.05) is 12.8 Å². The third-order valence-electron chi connectivity index (χ3n) is 1.07. The van der Waals surface area contributed by atoms with Gasteiger partial charge in [0, 0.05) is 13.2 Å². The molecule has 5 heteroatoms. The average molecular weight is 198 g/mol. The molecule has 2 N–H and O–H groups in total. The summed E-state index contributed by atoms with van der Waals surface area (Å²) in [5.74, 6) is 0. The Morgan fingerprint density at radius 2 is 0.909 bits per heavy atom. The first-order valence-electron chi connectivity index (χ1n) is 3.13. The van der Waals surface area contributed by atoms with Gasteiger partial charge in [-0.15, -0.1) is 0 Å². The molecule has 66 valence electrons. The Hall–Kier alpha value is 0.554. The van der Waals surface area contributed by atoms with Gasteiger partial charge in [-0.25, -0.2) is 0 Å². The van der Waals surface area contributed by atoms with Gasteiger partial charge in [-0.2, -0.15) is 0 Å². The van der Waals surface area contributed by atoms with Crippen molar-refractivity contribution < 1.29 is 42.9 Å². The van der Waals surface area contributed by atoms with Crippen LogP contribution in [0.15, 0.2) is 0 Å². The summed E-state index contributed by atoms with van der Waals surface area (Å²) in [5.41, 5.74) is 0. The average Bonchev–Trinajstić information content (AvgIpc) is 1.81. The summed E-state index contributed by atoms with van der Waals surface area (Å²) in [7, 11) is 0. The molecule has 4 nitrogen and oxygen atoms in total. The van der Waals surface area contributed by atoms with Crippen LogP contribution in [-0.4, -0.2) is 23.4 Å². The van der Waals surface area contributed by atoms with E-state index in [1.807, 2.05) is 0 Å². The van der Waals surface area contributed by atoms with Crippen LogP contribution in [-0.2, 0) is 32.7 Å². The van der Waals surface area contributed by atoms with Crippen LogP contribution in [0.1, 0.15) is 25.7 Å². The van der Waals surface area contributed by atoms with Gasteiger partial charge >= 0.3 is 21.7 Å². The molecule has 0 aromatic carbocycles. The van der Waals surface area contributed by atoms with Crippen LogP contribution in [0.2, 0.25) is 0 Å². The molecule has 0 aromatic rings. The van der Waals surface area contributed by atoms with Gasteiger partial charge in [0.15, 0.2) is 0 Å². The second kappa shape index (κ2) is 22.4. The van der Waals surface area contributed by atoms with Crippen molar-refractivity contribution in [3.8, 4) is 0 Å². The molecule has 0 aliphatic rings. The van der Waals surface area contributed by atoms with Crippen molar-refractivity contribution in [1.29, 1.82) is 0 Å². The second-order valence-corrected chi connectivity index (χ2v) is 1.86. The Morgan fingerprint density at radius 1 is 0.636 bits per heavy atom. The summed E-state index contributed by atoms with van der Waals surface area (Å²) in [4.78, 5) is 0. The Kier molecular flexibility index (Phi) is 46.0. The minimum absolute atomic E-state index is 0. The van der Waals surface area contributed by atoms with E-state index in [9.17, 15) is 0 Å². The molecule has 0 fully saturated rings. The number of aliphatic hydroxyl groups excluding tert-OH is 2. The molecule has 0 amide bonds. The van der Waals surface area contributed by atoms with E-state index in [1.165, 1.54) is 0 Å². The summed E-state index contributed by atoms with van der Waals surface area (Å²) in [6, 6.07) is 0. The van der Waals surface area contributed by atoms with E-state index in [4.69, 9.17) is 10.2 Å². The van der Waals surface area contributed by atoms with Crippen LogP contribution >= 0.6 is 0 Å². The Morgan fingerprint density at radius 3 is 1.09 bits per heavy atom. The van der Waals surface area contributed by atoms with Gasteiger partial charge in [0.25, 0.3) is 0 Å². The van der Waals surface area contributed by atoms with Crippen molar-refractivity contribution in [1.82, 2.24) is 0 Å². The summed E-state index contributed by atoms with van der Waals surface area (Å²) < 4.78 is 0. The molecular formula is C6H14O4Ti. The molecule has 0 unspecified atom stereocenters. The molecule has 0 saturated carbocycles. The van der Waals surface area contributed by atoms with E-state index in [1.54, 1.807) is 0 Å². The SMILES string of the molecule is OCCCCCCO.[O-2].[O-2].[Ti+4]. The summed E-state index contributed by atoms with van der Waals surface area (Å²) >= 11 is 0. The fraction of sp³-hybridized carbons (Fsp3) is 1.00. The van der Waals surface area contributed by atoms with E-state index in [0.29, 0.717) is 0 Å². The van der Waals surface area contributed by atoms with Crippen LogP contribution in [0.4, 0.5) is 0 Å². The quantitative estimate of drug-likeness (QED) is 0.490. The van der Waals surface area contributed by atoms with E-state index >= 15 is 0 Å². The minimum Gasteiger partial charge on any atom is -2.00 e. The van der Waals surface area contributed by atoms with Crippen LogP contribution < -0.4 is 0 Å². The zero-order valence-corrected chi connectivity index (χ0v) is 8.02. The van der Waals surface area contributed by atoms with Gasteiger partial charge in [0.2, 0.25) is 0 Å². The van der Waals surface area contributed by atoms with E-state index in [-0.39, 0.29) is 45.9 Å². The second-order valence-electron chi connectivity index (χ2n) is 1.86. The summed E-state index contributed by atoms with van der Waals surface area (Å²) in [6.07, 6.45) is 3.83. The molecule has 0 spiro atoms. The van der Waals surface area contributed by atoms with E-state index in [2.05, 4.69) is 0 Å². The number of unbranched alkanes of at least 4 members (excludes halogenated alkanes) is 3. The predicted molar refractivity (Wildman–Crippen MR) is 34.0 cm³/mol. The Bertz CT molecular complexity index is 39.6. The molecule has 0 heterocycles. The molecule has 11 heavy (non-hydrogen) atoms. The van der Waals surface area contributed by atoms with Crippen LogP contribution in [0.5, 0.6) is 0 Å². The fourth-order valence-corrected chi connectivity index (χ4v) is 0.577. The van der Waals surface area contributed by atoms with Crippen molar-refractivity contribution >= 4 is 0 Å². The third kappa shape index (κ3) is 25.0. The zero-order valence-electron chi connectivity index (χ0n) is 6.45. The molecule has 0 aliphatic heterocycles. The molecule has 0 atom stereocenters. The maximum Gasteiger partial charge on any atom is 4.00 e. The van der Waals surface area contributed by atoms with Gasteiger partial charge in [-0.3, -0.25) is 0 Å². The maximum atomic E-state index is 8.30. The molecule has 0 aliphatic carbocycles. The van der Waals surface area contributed by atoms with Gasteiger partial charge in [-0.05, 0) is 12.8 Å². The van der Waals surface area contributed by atoms with Gasteiger partial charge in [0.1, 0.15) is 0 Å². The molecule has 0 aromatic heterocycles. The predicted octanol–water partition coefficient (Wildman–Crippen LogP) is 0.291. The Balaban J connectivity index is -0.0000000817. The largest absolute Gasteiger partial charge is 4.00 e. The summed E-state index contributed by atoms with van der Waals surface area (Å²) in [5, 5.41) is 16.6. The molecular weight excluding hydrogens is 184 g/mol. The molecule has 0 radical (unpaired) electrons. The van der Waals surface area contributed by atoms with Crippen molar-refractivity contribution in [2.24, 2.45) is 0 Å². The van der Waals surface area contributed by atoms with Crippen LogP contribution in [0, 0.1) is 0 Å². The van der Waals surface area contributed by atoms with Crippen LogP contribution in [0.25, 0.3) is 0 Å². The summed E-state index contributed by atoms with van der Waals surface area (Å²) in [6.45, 7) is 0.566. The molecule has 0 bridgehead atoms. The van der Waals surface area contributed by atoms with E-state index < -0.39 is 0 Å². The first-order chi connectivity index (χ1) is 3.91.